The van der Waals surface area contributed by atoms with Crippen molar-refractivity contribution in [2.24, 2.45) is 0 Å². The van der Waals surface area contributed by atoms with Crippen LogP contribution in [0.25, 0.3) is 10.9 Å². The molecular weight excluding hydrogens is 330 g/mol. The van der Waals surface area contributed by atoms with Crippen molar-refractivity contribution in [2.75, 3.05) is 6.61 Å². The van der Waals surface area contributed by atoms with E-state index in [9.17, 15) is 14.7 Å². The molecule has 0 saturated heterocycles. The quantitative estimate of drug-likeness (QED) is 0.796. The zero-order valence-corrected chi connectivity index (χ0v) is 15.7. The summed E-state index contributed by atoms with van der Waals surface area (Å²) in [6, 6.07) is 5.75. The normalized spacial score (nSPS) is 15.4. The molecule has 2 N–H and O–H groups in total. The Balaban J connectivity index is 1.98. The first-order chi connectivity index (χ1) is 12.4. The first-order valence-corrected chi connectivity index (χ1v) is 9.40. The minimum absolute atomic E-state index is 0.0789. The Kier molecular flexibility index (Phi) is 5.41. The van der Waals surface area contributed by atoms with Gasteiger partial charge in [-0.25, -0.2) is 0 Å². The van der Waals surface area contributed by atoms with Crippen LogP contribution in [0.1, 0.15) is 63.3 Å². The van der Waals surface area contributed by atoms with Gasteiger partial charge in [-0.2, -0.15) is 5.10 Å². The van der Waals surface area contributed by atoms with Crippen LogP contribution >= 0.6 is 0 Å². The molecule has 6 heteroatoms. The average molecular weight is 357 g/mol. The fourth-order valence-electron chi connectivity index (χ4n) is 3.20. The van der Waals surface area contributed by atoms with Crippen molar-refractivity contribution in [2.45, 2.75) is 64.5 Å². The lowest BCUT2D eigenvalue weighted by Crippen LogP contribution is -2.39. The van der Waals surface area contributed by atoms with Gasteiger partial charge in [0.1, 0.15) is 5.69 Å². The minimum atomic E-state index is -0.295. The van der Waals surface area contributed by atoms with E-state index in [-0.39, 0.29) is 42.1 Å². The number of fused-ring (bicyclic) bond motifs is 1. The Morgan fingerprint density at radius 2 is 2.12 bits per heavy atom. The van der Waals surface area contributed by atoms with Crippen molar-refractivity contribution in [3.8, 4) is 0 Å². The van der Waals surface area contributed by atoms with Gasteiger partial charge in [-0.05, 0) is 56.7 Å². The van der Waals surface area contributed by atoms with Crippen LogP contribution < -0.4 is 10.7 Å². The van der Waals surface area contributed by atoms with Crippen LogP contribution in [-0.4, -0.2) is 33.4 Å². The van der Waals surface area contributed by atoms with E-state index in [1.165, 1.54) is 18.4 Å². The lowest BCUT2D eigenvalue weighted by molar-refractivity contribution is -0.121. The molecule has 0 aliphatic heterocycles. The van der Waals surface area contributed by atoms with Gasteiger partial charge in [0.15, 0.2) is 0 Å². The molecule has 6 nitrogen and oxygen atoms in total. The topological polar surface area (TPSA) is 84.2 Å². The van der Waals surface area contributed by atoms with Crippen molar-refractivity contribution >= 4 is 16.8 Å². The van der Waals surface area contributed by atoms with Crippen LogP contribution in [0, 0.1) is 0 Å². The number of nitrogens with zero attached hydrogens (tertiary/aromatic N) is 2. The first kappa shape index (κ1) is 18.6. The molecule has 1 aliphatic rings. The van der Waals surface area contributed by atoms with Gasteiger partial charge >= 0.3 is 0 Å². The molecule has 0 spiro atoms. The second-order valence-corrected chi connectivity index (χ2v) is 7.40. The number of carbonyl (C=O) groups excluding carboxylic acids is 1. The second kappa shape index (κ2) is 7.58. The van der Waals surface area contributed by atoms with E-state index in [4.69, 9.17) is 0 Å². The Labute approximate surface area is 153 Å². The molecule has 1 aliphatic carbocycles. The number of carbonyl (C=O) groups is 1. The highest BCUT2D eigenvalue weighted by Gasteiger charge is 2.25. The van der Waals surface area contributed by atoms with E-state index in [2.05, 4.69) is 16.5 Å². The second-order valence-electron chi connectivity index (χ2n) is 7.40. The summed E-state index contributed by atoms with van der Waals surface area (Å²) < 4.78 is 1.84. The number of aromatic nitrogens is 2. The van der Waals surface area contributed by atoms with Crippen molar-refractivity contribution in [1.29, 1.82) is 0 Å². The number of rotatable bonds is 7. The van der Waals surface area contributed by atoms with E-state index in [1.54, 1.807) is 0 Å². The summed E-state index contributed by atoms with van der Waals surface area (Å²) in [6.07, 6.45) is 2.95. The van der Waals surface area contributed by atoms with Gasteiger partial charge in [0.25, 0.3) is 0 Å². The molecular formula is C20H27N3O3. The van der Waals surface area contributed by atoms with Crippen molar-refractivity contribution in [3.63, 3.8) is 0 Å². The van der Waals surface area contributed by atoms with Crippen LogP contribution in [0.3, 0.4) is 0 Å². The Morgan fingerprint density at radius 3 is 2.69 bits per heavy atom. The zero-order chi connectivity index (χ0) is 18.8. The number of aliphatic hydroxyl groups is 1. The highest BCUT2D eigenvalue weighted by Crippen LogP contribution is 2.40. The SMILES string of the molecule is CC[C@@H](CO)NC(=O)Cc1nn(C(C)C)c2cc(C3CC3)ccc2c1=O. The highest BCUT2D eigenvalue weighted by atomic mass is 16.3. The van der Waals surface area contributed by atoms with Gasteiger partial charge in [-0.1, -0.05) is 13.0 Å². The number of benzene rings is 1. The summed E-state index contributed by atoms with van der Waals surface area (Å²) in [5.74, 6) is 0.310. The molecule has 140 valence electrons. The number of amides is 1. The largest absolute Gasteiger partial charge is 0.394 e. The molecule has 0 unspecified atom stereocenters. The summed E-state index contributed by atoms with van der Waals surface area (Å²) in [6.45, 7) is 5.80. The van der Waals surface area contributed by atoms with Gasteiger partial charge in [-0.3, -0.25) is 14.3 Å². The zero-order valence-electron chi connectivity index (χ0n) is 15.7. The maximum absolute atomic E-state index is 12.9. The van der Waals surface area contributed by atoms with Crippen molar-refractivity contribution in [1.82, 2.24) is 15.1 Å². The van der Waals surface area contributed by atoms with Gasteiger partial charge in [0.05, 0.1) is 24.6 Å². The molecule has 1 aromatic heterocycles. The summed E-state index contributed by atoms with van der Waals surface area (Å²) in [5, 5.41) is 17.1. The lowest BCUT2D eigenvalue weighted by Gasteiger charge is -2.17. The van der Waals surface area contributed by atoms with E-state index >= 15 is 0 Å². The maximum Gasteiger partial charge on any atom is 0.226 e. The van der Waals surface area contributed by atoms with Crippen LogP contribution in [0.15, 0.2) is 23.0 Å². The maximum atomic E-state index is 12.9. The fraction of sp³-hybridized carbons (Fsp3) is 0.550. The molecule has 1 fully saturated rings. The van der Waals surface area contributed by atoms with E-state index in [1.807, 2.05) is 37.6 Å². The molecule has 1 atom stereocenters. The molecule has 1 saturated carbocycles. The molecule has 3 rings (SSSR count). The molecule has 0 radical (unpaired) electrons. The third kappa shape index (κ3) is 3.80. The number of aliphatic hydroxyl groups excluding tert-OH is 1. The van der Waals surface area contributed by atoms with Gasteiger partial charge < -0.3 is 10.4 Å². The monoisotopic (exact) mass is 357 g/mol. The van der Waals surface area contributed by atoms with E-state index < -0.39 is 0 Å². The average Bonchev–Trinajstić information content (AvgIpc) is 3.46. The summed E-state index contributed by atoms with van der Waals surface area (Å²) in [5.41, 5.74) is 2.15. The number of hydrogen-bond donors (Lipinski definition) is 2. The number of hydrogen-bond acceptors (Lipinski definition) is 4. The fourth-order valence-corrected chi connectivity index (χ4v) is 3.20. The van der Waals surface area contributed by atoms with Crippen LogP contribution in [0.4, 0.5) is 0 Å². The highest BCUT2D eigenvalue weighted by molar-refractivity contribution is 5.82. The minimum Gasteiger partial charge on any atom is -0.394 e. The summed E-state index contributed by atoms with van der Waals surface area (Å²) in [7, 11) is 0. The third-order valence-electron chi connectivity index (χ3n) is 4.95. The van der Waals surface area contributed by atoms with Gasteiger partial charge in [-0.15, -0.1) is 0 Å². The standard InChI is InChI=1S/C20H27N3O3/c1-4-15(11-24)21-19(25)10-17-20(26)16-8-7-14(13-5-6-13)9-18(16)23(22-17)12(2)3/h7-9,12-13,15,24H,4-6,10-11H2,1-3H3,(H,21,25)/t15-/m0/s1. The molecule has 1 heterocycles. The predicted molar refractivity (Wildman–Crippen MR) is 101 cm³/mol. The predicted octanol–water partition coefficient (Wildman–Crippen LogP) is 2.28. The van der Waals surface area contributed by atoms with Crippen LogP contribution in [0.2, 0.25) is 0 Å². The lowest BCUT2D eigenvalue weighted by atomic mass is 10.1. The molecule has 26 heavy (non-hydrogen) atoms. The van der Waals surface area contributed by atoms with Crippen LogP contribution in [-0.2, 0) is 11.2 Å². The molecule has 1 aromatic carbocycles. The number of nitrogens with one attached hydrogen (secondary N) is 1. The Morgan fingerprint density at radius 1 is 1.38 bits per heavy atom. The molecule has 1 amide bonds. The Hall–Kier alpha value is -2.21. The van der Waals surface area contributed by atoms with Crippen molar-refractivity contribution in [3.05, 3.63) is 39.7 Å². The molecule has 0 bridgehead atoms. The van der Waals surface area contributed by atoms with Gasteiger partial charge in [0.2, 0.25) is 11.3 Å². The van der Waals surface area contributed by atoms with Crippen LogP contribution in [0.5, 0.6) is 0 Å². The third-order valence-corrected chi connectivity index (χ3v) is 4.95. The van der Waals surface area contributed by atoms with E-state index in [0.717, 1.165) is 5.52 Å². The first-order valence-electron chi connectivity index (χ1n) is 9.40. The van der Waals surface area contributed by atoms with Crippen molar-refractivity contribution < 1.29 is 9.90 Å². The molecule has 2 aromatic rings. The van der Waals surface area contributed by atoms with E-state index in [0.29, 0.717) is 17.7 Å². The smallest absolute Gasteiger partial charge is 0.226 e. The Bertz CT molecular complexity index is 864. The summed E-state index contributed by atoms with van der Waals surface area (Å²) in [4.78, 5) is 25.1. The van der Waals surface area contributed by atoms with Gasteiger partial charge in [0, 0.05) is 11.4 Å². The summed E-state index contributed by atoms with van der Waals surface area (Å²) >= 11 is 0.